The van der Waals surface area contributed by atoms with Gasteiger partial charge in [0.2, 0.25) is 5.91 Å². The summed E-state index contributed by atoms with van der Waals surface area (Å²) in [5.41, 5.74) is 8.76. The molecule has 0 saturated carbocycles. The number of aromatic hydroxyl groups is 1. The van der Waals surface area contributed by atoms with Gasteiger partial charge in [-0.15, -0.1) is 0 Å². The summed E-state index contributed by atoms with van der Waals surface area (Å²) in [5, 5.41) is 17.9. The number of aryl methyl sites for hydroxylation is 2. The fraction of sp³-hybridized carbons (Fsp3) is 0.150. The highest BCUT2D eigenvalue weighted by atomic mass is 32.2. The van der Waals surface area contributed by atoms with E-state index in [0.29, 0.717) is 28.7 Å². The molecule has 0 radical (unpaired) electrons. The van der Waals surface area contributed by atoms with E-state index in [4.69, 9.17) is 5.73 Å². The van der Waals surface area contributed by atoms with Crippen molar-refractivity contribution in [2.45, 2.75) is 13.8 Å². The lowest BCUT2D eigenvalue weighted by atomic mass is 10.1. The second-order valence-electron chi connectivity index (χ2n) is 6.45. The molecule has 0 aliphatic carbocycles. The number of phenols is 1. The molecule has 0 unspecified atom stereocenters. The summed E-state index contributed by atoms with van der Waals surface area (Å²) in [6, 6.07) is 10.3. The summed E-state index contributed by atoms with van der Waals surface area (Å²) in [6.45, 7) is 3.50. The molecule has 1 aliphatic rings. The second kappa shape index (κ2) is 8.27. The van der Waals surface area contributed by atoms with Crippen molar-refractivity contribution in [3.05, 3.63) is 58.0 Å². The molecular formula is C20H18N4O4S. The number of nitrogens with two attached hydrogens (primary N) is 1. The summed E-state index contributed by atoms with van der Waals surface area (Å²) < 4.78 is 0. The lowest BCUT2D eigenvalue weighted by Gasteiger charge is -2.08. The molecule has 0 bridgehead atoms. The van der Waals surface area contributed by atoms with Gasteiger partial charge in [-0.1, -0.05) is 6.07 Å². The van der Waals surface area contributed by atoms with Gasteiger partial charge in [-0.2, -0.15) is 10.2 Å². The average Bonchev–Trinajstić information content (AvgIpc) is 2.92. The minimum absolute atomic E-state index is 0.0785. The smallest absolute Gasteiger partial charge is 0.294 e. The minimum atomic E-state index is -0.787. The van der Waals surface area contributed by atoms with Gasteiger partial charge in [0, 0.05) is 5.56 Å². The van der Waals surface area contributed by atoms with Crippen LogP contribution in [0, 0.1) is 13.8 Å². The maximum absolute atomic E-state index is 12.3. The monoisotopic (exact) mass is 410 g/mol. The lowest BCUT2D eigenvalue weighted by molar-refractivity contribution is -0.127. The fourth-order valence-corrected chi connectivity index (χ4v) is 3.39. The van der Waals surface area contributed by atoms with Gasteiger partial charge in [-0.3, -0.25) is 19.3 Å². The standard InChI is InChI=1S/C20H18N4O4S/c1-11-3-4-14(7-12(11)2)22-23-15-5-6-16(25)13(8-15)9-17-19(27)24(10-18(21)26)20(28)29-17/h3-9,25H,10H2,1-2H3,(H2,21,26)/b17-9-,23-22?. The van der Waals surface area contributed by atoms with E-state index in [2.05, 4.69) is 10.2 Å². The molecule has 2 aromatic rings. The molecule has 148 valence electrons. The van der Waals surface area contributed by atoms with E-state index in [9.17, 15) is 19.5 Å². The number of primary amides is 1. The van der Waals surface area contributed by atoms with Gasteiger partial charge >= 0.3 is 0 Å². The summed E-state index contributed by atoms with van der Waals surface area (Å²) in [5.74, 6) is -1.51. The molecule has 3 N–H and O–H groups in total. The van der Waals surface area contributed by atoms with E-state index in [0.717, 1.165) is 16.0 Å². The van der Waals surface area contributed by atoms with Gasteiger partial charge < -0.3 is 10.8 Å². The van der Waals surface area contributed by atoms with Crippen LogP contribution in [-0.2, 0) is 9.59 Å². The lowest BCUT2D eigenvalue weighted by Crippen LogP contribution is -2.36. The highest BCUT2D eigenvalue weighted by Gasteiger charge is 2.35. The number of carbonyl (C=O) groups is 3. The molecule has 1 heterocycles. The molecule has 1 aliphatic heterocycles. The van der Waals surface area contributed by atoms with E-state index in [1.165, 1.54) is 12.1 Å². The van der Waals surface area contributed by atoms with Gasteiger partial charge in [-0.05, 0) is 73.1 Å². The van der Waals surface area contributed by atoms with Crippen molar-refractivity contribution >= 4 is 46.3 Å². The molecule has 3 amide bonds. The zero-order chi connectivity index (χ0) is 21.1. The topological polar surface area (TPSA) is 125 Å². The van der Waals surface area contributed by atoms with Gasteiger partial charge in [-0.25, -0.2) is 0 Å². The van der Waals surface area contributed by atoms with Crippen molar-refractivity contribution < 1.29 is 19.5 Å². The first-order chi connectivity index (χ1) is 13.7. The number of carbonyl (C=O) groups excluding carboxylic acids is 3. The molecule has 3 rings (SSSR count). The number of benzene rings is 2. The van der Waals surface area contributed by atoms with Gasteiger partial charge in [0.1, 0.15) is 12.3 Å². The van der Waals surface area contributed by atoms with E-state index in [-0.39, 0.29) is 10.7 Å². The molecule has 1 fully saturated rings. The molecule has 0 atom stereocenters. The van der Waals surface area contributed by atoms with Crippen molar-refractivity contribution in [2.75, 3.05) is 6.54 Å². The predicted molar refractivity (Wildman–Crippen MR) is 110 cm³/mol. The van der Waals surface area contributed by atoms with Gasteiger partial charge in [0.25, 0.3) is 11.1 Å². The third-order valence-electron chi connectivity index (χ3n) is 4.26. The summed E-state index contributed by atoms with van der Waals surface area (Å²) in [7, 11) is 0. The van der Waals surface area contributed by atoms with E-state index < -0.39 is 23.6 Å². The fourth-order valence-electron chi connectivity index (χ4n) is 2.56. The Morgan fingerprint density at radius 1 is 1.10 bits per heavy atom. The van der Waals surface area contributed by atoms with Crippen molar-refractivity contribution in [1.29, 1.82) is 0 Å². The van der Waals surface area contributed by atoms with Crippen LogP contribution in [0.3, 0.4) is 0 Å². The number of azo groups is 1. The maximum atomic E-state index is 12.3. The normalized spacial score (nSPS) is 15.7. The quantitative estimate of drug-likeness (QED) is 0.570. The number of nitrogens with zero attached hydrogens (tertiary/aromatic N) is 3. The molecule has 0 aromatic heterocycles. The van der Waals surface area contributed by atoms with Crippen LogP contribution in [0.2, 0.25) is 0 Å². The van der Waals surface area contributed by atoms with Crippen molar-refractivity contribution in [3.8, 4) is 5.75 Å². The Labute approximate surface area is 171 Å². The molecule has 8 nitrogen and oxygen atoms in total. The first kappa shape index (κ1) is 20.3. The Bertz CT molecular complexity index is 1080. The van der Waals surface area contributed by atoms with E-state index >= 15 is 0 Å². The number of rotatable bonds is 5. The summed E-state index contributed by atoms with van der Waals surface area (Å²) in [4.78, 5) is 36.1. The number of hydrogen-bond donors (Lipinski definition) is 2. The Balaban J connectivity index is 1.86. The predicted octanol–water partition coefficient (Wildman–Crippen LogP) is 3.95. The third-order valence-corrected chi connectivity index (χ3v) is 5.16. The Morgan fingerprint density at radius 2 is 1.76 bits per heavy atom. The largest absolute Gasteiger partial charge is 0.507 e. The van der Waals surface area contributed by atoms with E-state index in [1.807, 2.05) is 32.0 Å². The summed E-state index contributed by atoms with van der Waals surface area (Å²) >= 11 is 0.672. The van der Waals surface area contributed by atoms with Crippen molar-refractivity contribution in [3.63, 3.8) is 0 Å². The first-order valence-electron chi connectivity index (χ1n) is 8.60. The highest BCUT2D eigenvalue weighted by Crippen LogP contribution is 2.35. The zero-order valence-corrected chi connectivity index (χ0v) is 16.6. The Hall–Kier alpha value is -3.46. The van der Waals surface area contributed by atoms with Crippen molar-refractivity contribution in [2.24, 2.45) is 16.0 Å². The van der Waals surface area contributed by atoms with Crippen LogP contribution in [0.5, 0.6) is 5.75 Å². The third kappa shape index (κ3) is 4.69. The van der Waals surface area contributed by atoms with Crippen LogP contribution in [0.15, 0.2) is 51.5 Å². The van der Waals surface area contributed by atoms with Gasteiger partial charge in [0.05, 0.1) is 16.3 Å². The van der Waals surface area contributed by atoms with Crippen LogP contribution in [0.25, 0.3) is 6.08 Å². The molecule has 29 heavy (non-hydrogen) atoms. The molecule has 0 spiro atoms. The minimum Gasteiger partial charge on any atom is -0.507 e. The van der Waals surface area contributed by atoms with Gasteiger partial charge in [0.15, 0.2) is 0 Å². The maximum Gasteiger partial charge on any atom is 0.294 e. The summed E-state index contributed by atoms with van der Waals surface area (Å²) in [6.07, 6.45) is 1.37. The van der Waals surface area contributed by atoms with Crippen LogP contribution in [0.1, 0.15) is 16.7 Å². The Kier molecular flexibility index (Phi) is 5.79. The van der Waals surface area contributed by atoms with Crippen LogP contribution < -0.4 is 5.73 Å². The second-order valence-corrected chi connectivity index (χ2v) is 7.44. The molecular weight excluding hydrogens is 392 g/mol. The average molecular weight is 410 g/mol. The number of imide groups is 1. The highest BCUT2D eigenvalue weighted by molar-refractivity contribution is 8.18. The molecule has 2 aromatic carbocycles. The number of phenolic OH excluding ortho intramolecular Hbond substituents is 1. The molecule has 1 saturated heterocycles. The Morgan fingerprint density at radius 3 is 2.41 bits per heavy atom. The van der Waals surface area contributed by atoms with Crippen LogP contribution in [0.4, 0.5) is 16.2 Å². The number of thioether (sulfide) groups is 1. The number of amides is 3. The van der Waals surface area contributed by atoms with Crippen LogP contribution in [-0.4, -0.2) is 33.6 Å². The zero-order valence-electron chi connectivity index (χ0n) is 15.7. The van der Waals surface area contributed by atoms with Crippen LogP contribution >= 0.6 is 11.8 Å². The molecule has 9 heteroatoms. The number of hydrogen-bond acceptors (Lipinski definition) is 7. The first-order valence-corrected chi connectivity index (χ1v) is 9.42. The van der Waals surface area contributed by atoms with E-state index in [1.54, 1.807) is 12.1 Å². The van der Waals surface area contributed by atoms with Crippen molar-refractivity contribution in [1.82, 2.24) is 4.90 Å². The SMILES string of the molecule is Cc1ccc(N=Nc2ccc(O)c(/C=C3\SC(=O)N(CC(N)=O)C3=O)c2)cc1C.